The summed E-state index contributed by atoms with van der Waals surface area (Å²) in [5.41, 5.74) is 9.17. The third-order valence-electron chi connectivity index (χ3n) is 11.4. The smallest absolute Gasteiger partial charge is 0.144 e. The zero-order chi connectivity index (χ0) is 35.3. The monoisotopic (exact) mass is 702 g/mol. The topological polar surface area (TPSA) is 13.1 Å². The zero-order valence-corrected chi connectivity index (χ0v) is 30.0. The van der Waals surface area contributed by atoms with Gasteiger partial charge in [0.1, 0.15) is 11.2 Å². The molecule has 10 aromatic carbocycles. The maximum atomic E-state index is 6.75. The molecule has 0 spiro atoms. The molecule has 0 N–H and O–H groups in total. The lowest BCUT2D eigenvalue weighted by Crippen LogP contribution is -1.91. The van der Waals surface area contributed by atoms with Crippen molar-refractivity contribution in [3.05, 3.63) is 182 Å². The Morgan fingerprint density at radius 1 is 0.333 bits per heavy atom. The van der Waals surface area contributed by atoms with Gasteiger partial charge in [-0.3, -0.25) is 0 Å². The molecular weight excluding hydrogens is 673 g/mol. The number of hydrogen-bond donors (Lipinski definition) is 0. The van der Waals surface area contributed by atoms with Crippen molar-refractivity contribution in [3.8, 4) is 33.4 Å². The quantitative estimate of drug-likeness (QED) is 0.167. The van der Waals surface area contributed by atoms with Crippen LogP contribution in [-0.2, 0) is 0 Å². The molecule has 0 saturated carbocycles. The van der Waals surface area contributed by atoms with Gasteiger partial charge in [-0.1, -0.05) is 158 Å². The van der Waals surface area contributed by atoms with E-state index in [4.69, 9.17) is 4.42 Å². The molecule has 2 heteroatoms. The van der Waals surface area contributed by atoms with Crippen molar-refractivity contribution < 1.29 is 4.42 Å². The van der Waals surface area contributed by atoms with E-state index in [0.29, 0.717) is 0 Å². The molecule has 0 aliphatic heterocycles. The van der Waals surface area contributed by atoms with Gasteiger partial charge in [0.25, 0.3) is 0 Å². The number of fused-ring (bicyclic) bond motifs is 11. The molecule has 2 heterocycles. The lowest BCUT2D eigenvalue weighted by Gasteiger charge is -2.18. The zero-order valence-electron chi connectivity index (χ0n) is 29.1. The molecule has 2 aromatic heterocycles. The second kappa shape index (κ2) is 11.4. The minimum atomic E-state index is 0.918. The van der Waals surface area contributed by atoms with Crippen LogP contribution in [0.15, 0.2) is 186 Å². The van der Waals surface area contributed by atoms with Crippen molar-refractivity contribution in [1.82, 2.24) is 0 Å². The lowest BCUT2D eigenvalue weighted by atomic mass is 9.85. The average molecular weight is 703 g/mol. The predicted molar refractivity (Wildman–Crippen MR) is 233 cm³/mol. The Labute approximate surface area is 314 Å². The second-order valence-corrected chi connectivity index (χ2v) is 15.4. The molecule has 12 rings (SSSR count). The van der Waals surface area contributed by atoms with Gasteiger partial charge in [-0.05, 0) is 95.2 Å². The number of furan rings is 1. The Morgan fingerprint density at radius 2 is 0.852 bits per heavy atom. The van der Waals surface area contributed by atoms with Gasteiger partial charge in [-0.15, -0.1) is 11.3 Å². The largest absolute Gasteiger partial charge is 0.455 e. The van der Waals surface area contributed by atoms with Crippen LogP contribution in [0.5, 0.6) is 0 Å². The van der Waals surface area contributed by atoms with Gasteiger partial charge in [-0.25, -0.2) is 0 Å². The van der Waals surface area contributed by atoms with Gasteiger partial charge in [0.15, 0.2) is 0 Å². The van der Waals surface area contributed by atoms with Crippen molar-refractivity contribution in [2.45, 2.75) is 0 Å². The van der Waals surface area contributed by atoms with Crippen molar-refractivity contribution >= 4 is 96.5 Å². The van der Waals surface area contributed by atoms with E-state index in [1.54, 1.807) is 0 Å². The first-order valence-electron chi connectivity index (χ1n) is 18.5. The number of benzene rings is 10. The van der Waals surface area contributed by atoms with Crippen LogP contribution in [0.3, 0.4) is 0 Å². The summed E-state index contributed by atoms with van der Waals surface area (Å²) in [4.78, 5) is 0. The third-order valence-corrected chi connectivity index (χ3v) is 12.6. The minimum absolute atomic E-state index is 0.918. The molecule has 0 unspecified atom stereocenters. The average Bonchev–Trinajstić information content (AvgIpc) is 3.80. The van der Waals surface area contributed by atoms with E-state index in [1.807, 2.05) is 11.3 Å². The predicted octanol–water partition coefficient (Wildman–Crippen LogP) is 15.6. The SMILES string of the molecule is c1ccc2cc(-c3c4ccccc4c(-c4ccc(-c5c6oc7ccccc7c6cc6c5sc5ccc7ccccc7c56)cc4)c4ccccc34)ccc2c1. The van der Waals surface area contributed by atoms with Crippen molar-refractivity contribution in [2.75, 3.05) is 0 Å². The van der Waals surface area contributed by atoms with Crippen LogP contribution in [0.25, 0.3) is 119 Å². The van der Waals surface area contributed by atoms with E-state index in [-0.39, 0.29) is 0 Å². The highest BCUT2D eigenvalue weighted by atomic mass is 32.1. The Kier molecular flexibility index (Phi) is 6.28. The summed E-state index contributed by atoms with van der Waals surface area (Å²) in [6.07, 6.45) is 0. The summed E-state index contributed by atoms with van der Waals surface area (Å²) in [5.74, 6) is 0. The summed E-state index contributed by atoms with van der Waals surface area (Å²) in [7, 11) is 0. The fraction of sp³-hybridized carbons (Fsp3) is 0. The van der Waals surface area contributed by atoms with Crippen LogP contribution in [0.2, 0.25) is 0 Å². The molecule has 0 saturated heterocycles. The highest BCUT2D eigenvalue weighted by Gasteiger charge is 2.22. The molecule has 0 radical (unpaired) electrons. The van der Waals surface area contributed by atoms with Gasteiger partial charge in [0.05, 0.1) is 0 Å². The highest BCUT2D eigenvalue weighted by molar-refractivity contribution is 7.26. The van der Waals surface area contributed by atoms with Crippen LogP contribution in [0, 0.1) is 0 Å². The number of thiophene rings is 1. The Morgan fingerprint density at radius 3 is 1.56 bits per heavy atom. The molecule has 0 amide bonds. The highest BCUT2D eigenvalue weighted by Crippen LogP contribution is 2.49. The fourth-order valence-corrected chi connectivity index (χ4v) is 10.3. The number of rotatable bonds is 3. The van der Waals surface area contributed by atoms with Gasteiger partial charge in [-0.2, -0.15) is 0 Å². The third kappa shape index (κ3) is 4.26. The Balaban J connectivity index is 1.11. The van der Waals surface area contributed by atoms with Gasteiger partial charge in [0, 0.05) is 36.5 Å². The van der Waals surface area contributed by atoms with Gasteiger partial charge < -0.3 is 4.42 Å². The van der Waals surface area contributed by atoms with Crippen LogP contribution in [0.4, 0.5) is 0 Å². The van der Waals surface area contributed by atoms with Crippen LogP contribution < -0.4 is 0 Å². The number of para-hydroxylation sites is 1. The second-order valence-electron chi connectivity index (χ2n) is 14.3. The van der Waals surface area contributed by atoms with E-state index >= 15 is 0 Å². The van der Waals surface area contributed by atoms with E-state index in [1.165, 1.54) is 85.5 Å². The van der Waals surface area contributed by atoms with Crippen LogP contribution in [0.1, 0.15) is 0 Å². The lowest BCUT2D eigenvalue weighted by molar-refractivity contribution is 0.670. The van der Waals surface area contributed by atoms with E-state index in [0.717, 1.165) is 33.1 Å². The summed E-state index contributed by atoms with van der Waals surface area (Å²) < 4.78 is 9.30. The summed E-state index contributed by atoms with van der Waals surface area (Å²) in [6.45, 7) is 0. The molecule has 0 fully saturated rings. The Hall–Kier alpha value is -6.74. The Bertz CT molecular complexity index is 3430. The van der Waals surface area contributed by atoms with Gasteiger partial charge in [0.2, 0.25) is 0 Å². The van der Waals surface area contributed by atoms with E-state index in [2.05, 4.69) is 182 Å². The molecule has 0 aliphatic carbocycles. The fourth-order valence-electron chi connectivity index (χ4n) is 9.02. The molecule has 250 valence electrons. The molecular formula is C52H30OS. The molecule has 54 heavy (non-hydrogen) atoms. The van der Waals surface area contributed by atoms with E-state index in [9.17, 15) is 0 Å². The van der Waals surface area contributed by atoms with Crippen molar-refractivity contribution in [1.29, 1.82) is 0 Å². The molecule has 0 bridgehead atoms. The molecule has 0 atom stereocenters. The summed E-state index contributed by atoms with van der Waals surface area (Å²) >= 11 is 1.87. The number of hydrogen-bond acceptors (Lipinski definition) is 2. The van der Waals surface area contributed by atoms with E-state index < -0.39 is 0 Å². The minimum Gasteiger partial charge on any atom is -0.455 e. The summed E-state index contributed by atoms with van der Waals surface area (Å²) in [6, 6.07) is 66.7. The first kappa shape index (κ1) is 29.8. The summed E-state index contributed by atoms with van der Waals surface area (Å²) in [5, 5.41) is 15.0. The van der Waals surface area contributed by atoms with Gasteiger partial charge >= 0.3 is 0 Å². The first-order valence-corrected chi connectivity index (χ1v) is 19.3. The molecule has 12 aromatic rings. The van der Waals surface area contributed by atoms with Crippen LogP contribution >= 0.6 is 11.3 Å². The van der Waals surface area contributed by atoms with Crippen molar-refractivity contribution in [2.24, 2.45) is 0 Å². The normalized spacial score (nSPS) is 12.1. The standard InChI is InChI=1S/C52H30OS/c1-2-13-35-29-36(26-21-31(35)11-1)48-41-18-7-5-16-39(41)47(40-17-6-8-19-42(40)48)33-22-24-34(25-23-33)49-51-43(38-15-9-10-20-45(38)53-51)30-44-50-37-14-4-3-12-32(37)27-28-46(50)54-52(44)49/h1-30H. The van der Waals surface area contributed by atoms with Crippen LogP contribution in [-0.4, -0.2) is 0 Å². The maximum absolute atomic E-state index is 6.75. The molecule has 0 aliphatic rings. The first-order chi connectivity index (χ1) is 26.8. The molecule has 1 nitrogen and oxygen atoms in total. The maximum Gasteiger partial charge on any atom is 0.144 e. The van der Waals surface area contributed by atoms with Crippen molar-refractivity contribution in [3.63, 3.8) is 0 Å².